The summed E-state index contributed by atoms with van der Waals surface area (Å²) in [6, 6.07) is 8.07. The van der Waals surface area contributed by atoms with E-state index in [1.165, 1.54) is 11.5 Å². The Hall–Kier alpha value is -1.07. The fourth-order valence-electron chi connectivity index (χ4n) is 2.55. The lowest BCUT2D eigenvalue weighted by molar-refractivity contribution is 0.0277. The molecule has 9 heteroatoms. The number of aromatic nitrogens is 1. The summed E-state index contributed by atoms with van der Waals surface area (Å²) in [6.07, 6.45) is -0.0304. The summed E-state index contributed by atoms with van der Waals surface area (Å²) in [7, 11) is 2.16. The van der Waals surface area contributed by atoms with Crippen LogP contribution < -0.4 is 5.56 Å². The molecule has 2 rings (SSSR count). The van der Waals surface area contributed by atoms with Crippen LogP contribution >= 0.6 is 11.5 Å². The van der Waals surface area contributed by atoms with Crippen LogP contribution in [-0.4, -0.2) is 58.5 Å². The van der Waals surface area contributed by atoms with Gasteiger partial charge in [0, 0.05) is 34.0 Å². The van der Waals surface area contributed by atoms with Gasteiger partial charge in [-0.05, 0) is 18.6 Å². The zero-order valence-electron chi connectivity index (χ0n) is 14.8. The van der Waals surface area contributed by atoms with E-state index in [2.05, 4.69) is 0 Å². The van der Waals surface area contributed by atoms with Crippen molar-refractivity contribution in [1.82, 2.24) is 3.96 Å². The molecule has 0 bridgehead atoms. The molecule has 0 saturated carbocycles. The number of ether oxygens (including phenoxy) is 1. The first-order chi connectivity index (χ1) is 12.0. The average Bonchev–Trinajstić information content (AvgIpc) is 2.95. The second-order valence-corrected chi connectivity index (χ2v) is 9.74. The molecule has 1 atom stereocenters. The van der Waals surface area contributed by atoms with Gasteiger partial charge in [0.1, 0.15) is 0 Å². The predicted octanol–water partition coefficient (Wildman–Crippen LogP) is 1.71. The highest BCUT2D eigenvalue weighted by molar-refractivity contribution is 7.13. The lowest BCUT2D eigenvalue weighted by atomic mass is 10.3. The van der Waals surface area contributed by atoms with Gasteiger partial charge in [0.15, 0.2) is 0 Å². The van der Waals surface area contributed by atoms with Crippen molar-refractivity contribution >= 4 is 30.4 Å². The first-order valence-electron chi connectivity index (χ1n) is 8.05. The molecule has 1 heterocycles. The summed E-state index contributed by atoms with van der Waals surface area (Å²) < 4.78 is 24.0. The van der Waals surface area contributed by atoms with Gasteiger partial charge in [-0.1, -0.05) is 23.7 Å². The molecule has 0 radical (unpaired) electrons. The maximum Gasteiger partial charge on any atom is 0.500 e. The van der Waals surface area contributed by atoms with Gasteiger partial charge in [0.2, 0.25) is 0 Å². The number of hydrogen-bond acceptors (Lipinski definition) is 7. The Morgan fingerprint density at radius 3 is 2.52 bits per heavy atom. The molecular weight excluding hydrogens is 362 g/mol. The third-order valence-electron chi connectivity index (χ3n) is 3.94. The van der Waals surface area contributed by atoms with Gasteiger partial charge in [-0.25, -0.2) is 0 Å². The molecule has 1 N–H and O–H groups in total. The summed E-state index contributed by atoms with van der Waals surface area (Å²) in [5, 5.41) is 10.8. The fourth-order valence-corrected chi connectivity index (χ4v) is 5.30. The maximum atomic E-state index is 12.2. The van der Waals surface area contributed by atoms with Crippen LogP contribution in [0.3, 0.4) is 0 Å². The maximum absolute atomic E-state index is 12.2. The summed E-state index contributed by atoms with van der Waals surface area (Å²) >= 11 is 1.35. The van der Waals surface area contributed by atoms with Crippen molar-refractivity contribution in [1.29, 1.82) is 0 Å². The molecule has 0 aliphatic heterocycles. The van der Waals surface area contributed by atoms with Crippen LogP contribution in [0.15, 0.2) is 29.1 Å². The SMILES string of the molecule is CO[Si](CCCOCC(O)Cn1sc2ccccc2c1=O)(OC)OC. The number of hydrogen-bond donors (Lipinski definition) is 1. The fraction of sp³-hybridized carbons (Fsp3) is 0.562. The Bertz CT molecular complexity index is 706. The highest BCUT2D eigenvalue weighted by Gasteiger charge is 2.36. The average molecular weight is 388 g/mol. The number of aliphatic hydroxyl groups is 1. The minimum atomic E-state index is -2.57. The zero-order valence-corrected chi connectivity index (χ0v) is 16.6. The van der Waals surface area contributed by atoms with Crippen LogP contribution in [0, 0.1) is 0 Å². The van der Waals surface area contributed by atoms with Crippen LogP contribution in [0.2, 0.25) is 6.04 Å². The van der Waals surface area contributed by atoms with Crippen molar-refractivity contribution in [2.24, 2.45) is 0 Å². The lowest BCUT2D eigenvalue weighted by Crippen LogP contribution is -2.42. The van der Waals surface area contributed by atoms with Gasteiger partial charge in [0.25, 0.3) is 5.56 Å². The molecular formula is C16H25NO6SSi. The molecule has 25 heavy (non-hydrogen) atoms. The number of rotatable bonds is 11. The Morgan fingerprint density at radius 1 is 1.20 bits per heavy atom. The van der Waals surface area contributed by atoms with Gasteiger partial charge in [-0.15, -0.1) is 0 Å². The topological polar surface area (TPSA) is 79.2 Å². The van der Waals surface area contributed by atoms with Gasteiger partial charge in [0.05, 0.1) is 29.3 Å². The van der Waals surface area contributed by atoms with Crippen molar-refractivity contribution in [2.45, 2.75) is 25.1 Å². The monoisotopic (exact) mass is 387 g/mol. The van der Waals surface area contributed by atoms with E-state index in [1.54, 1.807) is 31.4 Å². The standard InChI is InChI=1S/C16H25NO6SSi/c1-20-25(21-2,22-3)10-6-9-23-12-13(18)11-17-16(19)14-7-4-5-8-15(14)24-17/h4-5,7-8,13,18H,6,9-12H2,1-3H3. The van der Waals surface area contributed by atoms with Crippen molar-refractivity contribution in [3.63, 3.8) is 0 Å². The third-order valence-corrected chi connectivity index (χ3v) is 7.86. The summed E-state index contributed by atoms with van der Waals surface area (Å²) in [4.78, 5) is 12.2. The molecule has 0 amide bonds. The van der Waals surface area contributed by atoms with E-state index < -0.39 is 14.9 Å². The summed E-state index contributed by atoms with van der Waals surface area (Å²) in [6.45, 7) is 0.858. The van der Waals surface area contributed by atoms with E-state index in [-0.39, 0.29) is 18.7 Å². The van der Waals surface area contributed by atoms with E-state index in [0.717, 1.165) is 4.70 Å². The van der Waals surface area contributed by atoms with Crippen molar-refractivity contribution in [2.75, 3.05) is 34.5 Å². The molecule has 140 valence electrons. The van der Waals surface area contributed by atoms with Crippen molar-refractivity contribution in [3.8, 4) is 0 Å². The Balaban J connectivity index is 1.76. The molecule has 2 aromatic rings. The smallest absolute Gasteiger partial charge is 0.389 e. The van der Waals surface area contributed by atoms with Crippen molar-refractivity contribution in [3.05, 3.63) is 34.6 Å². The molecule has 1 aromatic carbocycles. The van der Waals surface area contributed by atoms with E-state index in [1.807, 2.05) is 18.2 Å². The molecule has 1 unspecified atom stereocenters. The van der Waals surface area contributed by atoms with Gasteiger partial charge >= 0.3 is 8.80 Å². The Kier molecular flexibility index (Phi) is 7.75. The predicted molar refractivity (Wildman–Crippen MR) is 99.1 cm³/mol. The van der Waals surface area contributed by atoms with Crippen LogP contribution in [0.1, 0.15) is 6.42 Å². The number of benzene rings is 1. The van der Waals surface area contributed by atoms with Crippen LogP contribution in [0.4, 0.5) is 0 Å². The molecule has 0 fully saturated rings. The quantitative estimate of drug-likeness (QED) is 0.467. The van der Waals surface area contributed by atoms with Gasteiger partial charge < -0.3 is 23.1 Å². The first-order valence-corrected chi connectivity index (χ1v) is 10.8. The van der Waals surface area contributed by atoms with Crippen LogP contribution in [0.25, 0.3) is 10.1 Å². The number of fused-ring (bicyclic) bond motifs is 1. The highest BCUT2D eigenvalue weighted by Crippen LogP contribution is 2.17. The van der Waals surface area contributed by atoms with E-state index >= 15 is 0 Å². The minimum absolute atomic E-state index is 0.0734. The van der Waals surface area contributed by atoms with Gasteiger partial charge in [-0.2, -0.15) is 0 Å². The number of aliphatic hydroxyl groups excluding tert-OH is 1. The Labute approximate surface area is 152 Å². The summed E-state index contributed by atoms with van der Waals surface area (Å²) in [5.41, 5.74) is -0.0734. The van der Waals surface area contributed by atoms with Crippen LogP contribution in [-0.2, 0) is 24.6 Å². The normalized spacial score (nSPS) is 13.4. The van der Waals surface area contributed by atoms with E-state index in [4.69, 9.17) is 18.0 Å². The minimum Gasteiger partial charge on any atom is -0.389 e. The molecule has 7 nitrogen and oxygen atoms in total. The van der Waals surface area contributed by atoms with Crippen LogP contribution in [0.5, 0.6) is 0 Å². The van der Waals surface area contributed by atoms with Crippen molar-refractivity contribution < 1.29 is 23.1 Å². The van der Waals surface area contributed by atoms with E-state index in [9.17, 15) is 9.90 Å². The van der Waals surface area contributed by atoms with Gasteiger partial charge in [-0.3, -0.25) is 8.75 Å². The second kappa shape index (κ2) is 9.58. The third kappa shape index (κ3) is 5.20. The zero-order chi connectivity index (χ0) is 18.3. The molecule has 0 spiro atoms. The first kappa shape index (κ1) is 20.2. The lowest BCUT2D eigenvalue weighted by Gasteiger charge is -2.24. The largest absolute Gasteiger partial charge is 0.500 e. The molecule has 1 aromatic heterocycles. The highest BCUT2D eigenvalue weighted by atomic mass is 32.1. The summed E-state index contributed by atoms with van der Waals surface area (Å²) in [5.74, 6) is 0. The number of nitrogens with zero attached hydrogens (tertiary/aromatic N) is 1. The second-order valence-electron chi connectivity index (χ2n) is 5.58. The Morgan fingerprint density at radius 2 is 1.88 bits per heavy atom. The molecule has 0 aliphatic rings. The molecule has 0 aliphatic carbocycles. The van der Waals surface area contributed by atoms with E-state index in [0.29, 0.717) is 24.5 Å². The molecule has 0 saturated heterocycles.